The largest absolute Gasteiger partial charge is 0.494 e. The highest BCUT2D eigenvalue weighted by Crippen LogP contribution is 2.24. The maximum Gasteiger partial charge on any atom is 0.336 e. The quantitative estimate of drug-likeness (QED) is 0.108. The molecule has 0 radical (unpaired) electrons. The van der Waals surface area contributed by atoms with E-state index >= 15 is 0 Å². The first-order valence-electron chi connectivity index (χ1n) is 14.3. The number of nitro groups is 1. The minimum absolute atomic E-state index is 0.0228. The molecule has 0 saturated carbocycles. The van der Waals surface area contributed by atoms with Crippen molar-refractivity contribution in [3.05, 3.63) is 64.0 Å². The highest BCUT2D eigenvalue weighted by molar-refractivity contribution is 5.88. The monoisotopic (exact) mass is 565 g/mol. The first-order chi connectivity index (χ1) is 20.8. The van der Waals surface area contributed by atoms with Crippen LogP contribution < -0.4 is 10.1 Å². The van der Waals surface area contributed by atoms with E-state index in [-0.39, 0.29) is 11.4 Å². The maximum absolute atomic E-state index is 11.1. The molecule has 0 spiro atoms. The molecule has 0 aliphatic rings. The second-order valence-electron chi connectivity index (χ2n) is 8.47. The van der Waals surface area contributed by atoms with Gasteiger partial charge in [0.25, 0.3) is 5.69 Å². The number of carboxylic acid groups (broad SMARTS) is 3. The second-order valence-corrected chi connectivity index (χ2v) is 8.47. The van der Waals surface area contributed by atoms with Gasteiger partial charge in [-0.2, -0.15) is 0 Å². The number of nitrogens with one attached hydrogen (secondary N) is 1. The van der Waals surface area contributed by atoms with Gasteiger partial charge < -0.3 is 35.0 Å². The first-order valence-corrected chi connectivity index (χ1v) is 11.8. The Bertz CT molecular complexity index is 1510. The van der Waals surface area contributed by atoms with Crippen molar-refractivity contribution in [2.45, 2.75) is 45.2 Å². The zero-order valence-corrected chi connectivity index (χ0v) is 21.4. The molecule has 40 heavy (non-hydrogen) atoms. The molecule has 5 N–H and O–H groups in total. The molecular formula is C26H32N4O10. The predicted octanol–water partition coefficient (Wildman–Crippen LogP) is 2.29. The fraction of sp³-hybridized carbons (Fsp3) is 0.385. The molecule has 3 rings (SSSR count). The summed E-state index contributed by atoms with van der Waals surface area (Å²) in [6.45, 7) is -1.54. The number of carbonyl (C=O) groups is 3. The van der Waals surface area contributed by atoms with E-state index in [1.165, 1.54) is 24.3 Å². The number of nitro benzene ring substituents is 1. The molecule has 14 nitrogen and oxygen atoms in total. The summed E-state index contributed by atoms with van der Waals surface area (Å²) in [5, 5.41) is 48.2. The van der Waals surface area contributed by atoms with Crippen LogP contribution in [0.25, 0.3) is 11.0 Å². The van der Waals surface area contributed by atoms with E-state index in [1.54, 1.807) is 18.2 Å². The fourth-order valence-corrected chi connectivity index (χ4v) is 3.66. The average molecular weight is 566 g/mol. The maximum atomic E-state index is 11.1. The molecule has 0 atom stereocenters. The first kappa shape index (κ1) is 24.5. The van der Waals surface area contributed by atoms with Gasteiger partial charge in [0.1, 0.15) is 11.6 Å². The summed E-state index contributed by atoms with van der Waals surface area (Å²) in [4.78, 5) is 45.8. The third-order valence-corrected chi connectivity index (χ3v) is 5.52. The van der Waals surface area contributed by atoms with Crippen molar-refractivity contribution >= 4 is 34.6 Å². The topological polar surface area (TPSA) is 214 Å². The number of hydrogen-bond acceptors (Lipinski definition) is 9. The van der Waals surface area contributed by atoms with Crippen molar-refractivity contribution in [2.75, 3.05) is 19.6 Å². The molecule has 0 aliphatic heterocycles. The SMILES string of the molecule is O=C(O)CC(O)(CC(=O)O)C(=O)O.[2H]C([2H])([2H])C([2H])([2H])Oc1ccc(Cc2nc3cc([N+](=O)[O-])ccc3n2CCNCC)cc1. The zero-order chi connectivity index (χ0) is 34.2. The average Bonchev–Trinajstić information content (AvgIpc) is 3.24. The molecule has 0 fully saturated rings. The smallest absolute Gasteiger partial charge is 0.336 e. The van der Waals surface area contributed by atoms with Gasteiger partial charge in [-0.05, 0) is 37.2 Å². The Morgan fingerprint density at radius 3 is 2.33 bits per heavy atom. The summed E-state index contributed by atoms with van der Waals surface area (Å²) in [5.41, 5.74) is -0.574. The van der Waals surface area contributed by atoms with Gasteiger partial charge in [0.15, 0.2) is 5.60 Å². The van der Waals surface area contributed by atoms with Gasteiger partial charge in [-0.15, -0.1) is 0 Å². The minimum Gasteiger partial charge on any atom is -0.494 e. The summed E-state index contributed by atoms with van der Waals surface area (Å²) in [6.07, 6.45) is -1.86. The summed E-state index contributed by atoms with van der Waals surface area (Å²) in [6, 6.07) is 11.1. The van der Waals surface area contributed by atoms with Crippen LogP contribution in [0.2, 0.25) is 0 Å². The highest BCUT2D eigenvalue weighted by Gasteiger charge is 2.40. The Morgan fingerprint density at radius 1 is 1.15 bits per heavy atom. The summed E-state index contributed by atoms with van der Waals surface area (Å²) < 4.78 is 43.9. The van der Waals surface area contributed by atoms with Crippen LogP contribution in [-0.2, 0) is 27.3 Å². The van der Waals surface area contributed by atoms with Crippen LogP contribution in [0.3, 0.4) is 0 Å². The van der Waals surface area contributed by atoms with E-state index in [1.807, 2.05) is 11.5 Å². The number of aromatic nitrogens is 2. The zero-order valence-electron chi connectivity index (χ0n) is 26.4. The lowest BCUT2D eigenvalue weighted by molar-refractivity contribution is -0.384. The van der Waals surface area contributed by atoms with Gasteiger partial charge in [-0.3, -0.25) is 19.7 Å². The van der Waals surface area contributed by atoms with Crippen molar-refractivity contribution < 1.29 is 51.3 Å². The number of nitrogens with zero attached hydrogens (tertiary/aromatic N) is 3. The molecule has 1 heterocycles. The van der Waals surface area contributed by atoms with E-state index < -0.39 is 54.7 Å². The number of ether oxygens (including phenoxy) is 1. The Labute approximate surface area is 236 Å². The summed E-state index contributed by atoms with van der Waals surface area (Å²) in [7, 11) is 0. The molecule has 0 bridgehead atoms. The van der Waals surface area contributed by atoms with Crippen molar-refractivity contribution in [3.63, 3.8) is 0 Å². The molecule has 1 aromatic heterocycles. The molecule has 0 saturated heterocycles. The van der Waals surface area contributed by atoms with Crippen LogP contribution in [0, 0.1) is 10.1 Å². The van der Waals surface area contributed by atoms with Crippen molar-refractivity contribution in [1.29, 1.82) is 0 Å². The van der Waals surface area contributed by atoms with Crippen LogP contribution >= 0.6 is 0 Å². The third-order valence-electron chi connectivity index (χ3n) is 5.52. The summed E-state index contributed by atoms with van der Waals surface area (Å²) >= 11 is 0. The number of non-ortho nitro benzene ring substituents is 1. The van der Waals surface area contributed by atoms with E-state index in [2.05, 4.69) is 10.3 Å². The number of rotatable bonds is 14. The Morgan fingerprint density at radius 2 is 1.80 bits per heavy atom. The van der Waals surface area contributed by atoms with Crippen molar-refractivity contribution in [1.82, 2.24) is 14.9 Å². The van der Waals surface area contributed by atoms with Crippen LogP contribution in [0.1, 0.15) is 44.9 Å². The van der Waals surface area contributed by atoms with E-state index in [4.69, 9.17) is 32.0 Å². The molecule has 0 amide bonds. The molecule has 2 aromatic carbocycles. The van der Waals surface area contributed by atoms with E-state index in [0.29, 0.717) is 25.0 Å². The van der Waals surface area contributed by atoms with Gasteiger partial charge in [0.2, 0.25) is 0 Å². The lowest BCUT2D eigenvalue weighted by atomic mass is 9.96. The van der Waals surface area contributed by atoms with Crippen LogP contribution in [0.15, 0.2) is 42.5 Å². The Kier molecular flexibility index (Phi) is 8.91. The highest BCUT2D eigenvalue weighted by atomic mass is 16.6. The van der Waals surface area contributed by atoms with Crippen LogP contribution in [0.4, 0.5) is 5.69 Å². The van der Waals surface area contributed by atoms with Gasteiger partial charge >= 0.3 is 17.9 Å². The number of fused-ring (bicyclic) bond motifs is 1. The van der Waals surface area contributed by atoms with Crippen molar-refractivity contribution in [2.24, 2.45) is 0 Å². The molecule has 0 aliphatic carbocycles. The van der Waals surface area contributed by atoms with E-state index in [9.17, 15) is 24.5 Å². The molecule has 3 aromatic rings. The number of aliphatic carboxylic acids is 3. The number of likely N-dealkylation sites (N-methyl/N-ethyl adjacent to an activating group) is 1. The lowest BCUT2D eigenvalue weighted by Gasteiger charge is -2.18. The summed E-state index contributed by atoms with van der Waals surface area (Å²) in [5.74, 6) is -4.19. The number of imidazole rings is 1. The van der Waals surface area contributed by atoms with Crippen molar-refractivity contribution in [3.8, 4) is 5.75 Å². The minimum atomic E-state index is -2.91. The second kappa shape index (κ2) is 14.6. The standard InChI is InChI=1S/C20H24N4O3.C6H8O7/c1-3-21-11-12-23-19-10-7-16(24(25)26)14-18(19)22-20(23)13-15-5-8-17(9-6-15)27-4-2;7-3(8)1-6(13,5(11)12)2-4(9)10/h5-10,14,21H,3-4,11-13H2,1-2H3;13H,1-2H2,(H,7,8)(H,9,10)(H,11,12)/i2D3,4D2;. The Balaban J connectivity index is 0.000000459. The normalized spacial score (nSPS) is 13.5. The fourth-order valence-electron chi connectivity index (χ4n) is 3.66. The number of hydrogen-bond donors (Lipinski definition) is 5. The Hall–Kier alpha value is -4.56. The number of carboxylic acids is 3. The third kappa shape index (κ3) is 9.03. The molecule has 0 unspecified atom stereocenters. The lowest BCUT2D eigenvalue weighted by Crippen LogP contribution is -2.42. The molecule has 14 heteroatoms. The van der Waals surface area contributed by atoms with Gasteiger partial charge in [0.05, 0.1) is 38.1 Å². The van der Waals surface area contributed by atoms with Gasteiger partial charge in [-0.25, -0.2) is 9.78 Å². The van der Waals surface area contributed by atoms with Crippen LogP contribution in [-0.4, -0.2) is 78.1 Å². The predicted molar refractivity (Wildman–Crippen MR) is 142 cm³/mol. The number of aliphatic hydroxyl groups is 1. The number of benzene rings is 2. The van der Waals surface area contributed by atoms with Crippen LogP contribution in [0.5, 0.6) is 5.75 Å². The molecular weight excluding hydrogens is 528 g/mol. The molecule has 216 valence electrons. The van der Waals surface area contributed by atoms with Gasteiger partial charge in [0, 0.05) is 35.8 Å². The van der Waals surface area contributed by atoms with Gasteiger partial charge in [-0.1, -0.05) is 19.1 Å². The van der Waals surface area contributed by atoms with E-state index in [0.717, 1.165) is 23.4 Å².